The Hall–Kier alpha value is -1.13. The maximum absolute atomic E-state index is 13.8. The minimum absolute atomic E-state index is 0.0490. The molecule has 1 aromatic carbocycles. The second-order valence-corrected chi connectivity index (χ2v) is 6.69. The van der Waals surface area contributed by atoms with Crippen molar-refractivity contribution in [1.29, 1.82) is 0 Å². The summed E-state index contributed by atoms with van der Waals surface area (Å²) in [6.07, 6.45) is 5.23. The van der Waals surface area contributed by atoms with Gasteiger partial charge in [0, 0.05) is 12.1 Å². The second kappa shape index (κ2) is 5.93. The number of hydrogen-bond acceptors (Lipinski definition) is 2. The van der Waals surface area contributed by atoms with Crippen LogP contribution in [0.3, 0.4) is 0 Å². The Morgan fingerprint density at radius 1 is 1.29 bits per heavy atom. The Balaban J connectivity index is 1.78. The third-order valence-electron chi connectivity index (χ3n) is 4.86. The van der Waals surface area contributed by atoms with E-state index in [9.17, 15) is 9.18 Å². The van der Waals surface area contributed by atoms with Crippen molar-refractivity contribution in [2.45, 2.75) is 44.2 Å². The summed E-state index contributed by atoms with van der Waals surface area (Å²) in [6, 6.07) is 4.63. The van der Waals surface area contributed by atoms with Gasteiger partial charge in [-0.25, -0.2) is 4.39 Å². The average Bonchev–Trinajstić information content (AvgIpc) is 2.39. The number of nitrogens with one attached hydrogen (secondary N) is 1. The molecule has 3 nitrogen and oxygen atoms in total. The number of rotatable bonds is 2. The largest absolute Gasteiger partial charge is 0.349 e. The smallest absolute Gasteiger partial charge is 0.256 e. The highest BCUT2D eigenvalue weighted by molar-refractivity contribution is 6.33. The molecule has 21 heavy (non-hydrogen) atoms. The molecule has 1 aromatic rings. The van der Waals surface area contributed by atoms with Crippen molar-refractivity contribution in [3.05, 3.63) is 34.6 Å². The summed E-state index contributed by atoms with van der Waals surface area (Å²) >= 11 is 5.97. The van der Waals surface area contributed by atoms with Crippen LogP contribution in [0.25, 0.3) is 0 Å². The van der Waals surface area contributed by atoms with Crippen LogP contribution in [0.5, 0.6) is 0 Å². The molecule has 2 unspecified atom stereocenters. The third kappa shape index (κ3) is 2.92. The fourth-order valence-corrected chi connectivity index (χ4v) is 4.21. The number of nitrogens with two attached hydrogens (primary N) is 1. The molecule has 1 amide bonds. The molecule has 2 aliphatic carbocycles. The van der Waals surface area contributed by atoms with Gasteiger partial charge < -0.3 is 11.1 Å². The molecule has 0 radical (unpaired) electrons. The number of amides is 1. The first kappa shape index (κ1) is 14.8. The van der Waals surface area contributed by atoms with Crippen LogP contribution in [0, 0.1) is 17.7 Å². The standard InChI is InChI=1S/C16H20ClFN2O/c17-12-5-2-6-13(18)14(12)16(21)20-15-9-3-1-4-10(15)8-11(19)7-9/h2,5-6,9-11,15H,1,3-4,7-8,19H2,(H,20,21). The maximum Gasteiger partial charge on any atom is 0.256 e. The fourth-order valence-electron chi connectivity index (χ4n) is 3.96. The van der Waals surface area contributed by atoms with E-state index in [2.05, 4.69) is 5.32 Å². The zero-order valence-electron chi connectivity index (χ0n) is 11.8. The van der Waals surface area contributed by atoms with Crippen molar-refractivity contribution in [3.8, 4) is 0 Å². The van der Waals surface area contributed by atoms with Crippen molar-refractivity contribution in [2.24, 2.45) is 17.6 Å². The molecule has 0 saturated heterocycles. The highest BCUT2D eigenvalue weighted by atomic mass is 35.5. The molecule has 2 bridgehead atoms. The Morgan fingerprint density at radius 3 is 2.57 bits per heavy atom. The van der Waals surface area contributed by atoms with E-state index in [1.165, 1.54) is 24.6 Å². The lowest BCUT2D eigenvalue weighted by Gasteiger charge is -2.45. The lowest BCUT2D eigenvalue weighted by atomic mass is 9.67. The first-order valence-electron chi connectivity index (χ1n) is 7.56. The van der Waals surface area contributed by atoms with Crippen molar-refractivity contribution < 1.29 is 9.18 Å². The summed E-state index contributed by atoms with van der Waals surface area (Å²) < 4.78 is 13.8. The van der Waals surface area contributed by atoms with Crippen LogP contribution < -0.4 is 11.1 Å². The number of halogens is 2. The van der Waals surface area contributed by atoms with Crippen LogP contribution in [0.1, 0.15) is 42.5 Å². The molecule has 2 atom stereocenters. The predicted molar refractivity (Wildman–Crippen MR) is 80.7 cm³/mol. The van der Waals surface area contributed by atoms with Crippen molar-refractivity contribution in [1.82, 2.24) is 5.32 Å². The van der Waals surface area contributed by atoms with Gasteiger partial charge in [-0.15, -0.1) is 0 Å². The van der Waals surface area contributed by atoms with Crippen LogP contribution in [0.4, 0.5) is 4.39 Å². The van der Waals surface area contributed by atoms with Crippen LogP contribution in [-0.2, 0) is 0 Å². The normalized spacial score (nSPS) is 31.8. The Bertz CT molecular complexity index is 517. The van der Waals surface area contributed by atoms with Gasteiger partial charge in [0.15, 0.2) is 0 Å². The van der Waals surface area contributed by atoms with Gasteiger partial charge in [0.25, 0.3) is 5.91 Å². The Labute approximate surface area is 129 Å². The van der Waals surface area contributed by atoms with E-state index in [1.807, 2.05) is 0 Å². The lowest BCUT2D eigenvalue weighted by molar-refractivity contribution is 0.0752. The molecular formula is C16H20ClFN2O. The second-order valence-electron chi connectivity index (χ2n) is 6.28. The number of fused-ring (bicyclic) bond motifs is 2. The quantitative estimate of drug-likeness (QED) is 0.882. The molecule has 2 saturated carbocycles. The van der Waals surface area contributed by atoms with E-state index in [-0.39, 0.29) is 22.7 Å². The monoisotopic (exact) mass is 310 g/mol. The van der Waals surface area contributed by atoms with E-state index in [1.54, 1.807) is 0 Å². The third-order valence-corrected chi connectivity index (χ3v) is 5.18. The van der Waals surface area contributed by atoms with Crippen LogP contribution >= 0.6 is 11.6 Å². The Kier molecular flexibility index (Phi) is 4.18. The van der Waals surface area contributed by atoms with Gasteiger partial charge >= 0.3 is 0 Å². The highest BCUT2D eigenvalue weighted by Gasteiger charge is 2.40. The van der Waals surface area contributed by atoms with Crippen molar-refractivity contribution in [3.63, 3.8) is 0 Å². The number of carbonyl (C=O) groups is 1. The molecule has 5 heteroatoms. The summed E-state index contributed by atoms with van der Waals surface area (Å²) in [5.41, 5.74) is 6.03. The molecule has 2 aliphatic rings. The molecule has 3 N–H and O–H groups in total. The summed E-state index contributed by atoms with van der Waals surface area (Å²) in [4.78, 5) is 12.4. The SMILES string of the molecule is NC1CC2CCCC(C1)C2NC(=O)c1c(F)cccc1Cl. The fraction of sp³-hybridized carbons (Fsp3) is 0.562. The number of benzene rings is 1. The first-order valence-corrected chi connectivity index (χ1v) is 7.94. The van der Waals surface area contributed by atoms with Gasteiger partial charge in [0.05, 0.1) is 10.6 Å². The van der Waals surface area contributed by atoms with Crippen molar-refractivity contribution in [2.75, 3.05) is 0 Å². The van der Waals surface area contributed by atoms with Crippen LogP contribution in [0.15, 0.2) is 18.2 Å². The van der Waals surface area contributed by atoms with E-state index in [4.69, 9.17) is 17.3 Å². The molecule has 2 fully saturated rings. The van der Waals surface area contributed by atoms with Crippen LogP contribution in [-0.4, -0.2) is 18.0 Å². The van der Waals surface area contributed by atoms with Gasteiger partial charge in [-0.05, 0) is 49.7 Å². The lowest BCUT2D eigenvalue weighted by Crippen LogP contribution is -2.53. The number of carbonyl (C=O) groups excluding carboxylic acids is 1. The average molecular weight is 311 g/mol. The van der Waals surface area contributed by atoms with Gasteiger partial charge in [-0.1, -0.05) is 24.1 Å². The van der Waals surface area contributed by atoms with Crippen molar-refractivity contribution >= 4 is 17.5 Å². The molecular weight excluding hydrogens is 291 g/mol. The number of hydrogen-bond donors (Lipinski definition) is 2. The summed E-state index contributed by atoms with van der Waals surface area (Å²) in [6.45, 7) is 0. The Morgan fingerprint density at radius 2 is 1.95 bits per heavy atom. The molecule has 114 valence electrons. The van der Waals surface area contributed by atoms with Gasteiger partial charge in [-0.3, -0.25) is 4.79 Å². The van der Waals surface area contributed by atoms with E-state index >= 15 is 0 Å². The van der Waals surface area contributed by atoms with Crippen LogP contribution in [0.2, 0.25) is 5.02 Å². The first-order chi connectivity index (χ1) is 10.1. The summed E-state index contributed by atoms with van der Waals surface area (Å²) in [5, 5.41) is 3.18. The van der Waals surface area contributed by atoms with E-state index in [0.29, 0.717) is 11.8 Å². The zero-order valence-corrected chi connectivity index (χ0v) is 12.6. The molecule has 0 aromatic heterocycles. The molecule has 0 spiro atoms. The maximum atomic E-state index is 13.8. The predicted octanol–water partition coefficient (Wildman–Crippen LogP) is 3.11. The highest BCUT2D eigenvalue weighted by Crippen LogP contribution is 2.39. The minimum atomic E-state index is -0.572. The topological polar surface area (TPSA) is 55.1 Å². The van der Waals surface area contributed by atoms with Gasteiger partial charge in [0.2, 0.25) is 0 Å². The molecule has 0 aliphatic heterocycles. The summed E-state index contributed by atoms with van der Waals surface area (Å²) in [5.74, 6) is -0.169. The minimum Gasteiger partial charge on any atom is -0.349 e. The zero-order chi connectivity index (χ0) is 15.0. The molecule has 0 heterocycles. The van der Waals surface area contributed by atoms with E-state index < -0.39 is 11.7 Å². The molecule has 3 rings (SSSR count). The van der Waals surface area contributed by atoms with Gasteiger partial charge in [0.1, 0.15) is 5.82 Å². The summed E-state index contributed by atoms with van der Waals surface area (Å²) in [7, 11) is 0. The van der Waals surface area contributed by atoms with E-state index in [0.717, 1.165) is 25.7 Å². The van der Waals surface area contributed by atoms with Gasteiger partial charge in [-0.2, -0.15) is 0 Å².